The van der Waals surface area contributed by atoms with E-state index in [0.717, 1.165) is 34.2 Å². The SMILES string of the molecule is CCC(N)Cc1cc(Br)cc(C)c1OCCC(=O)N(C)C. The molecule has 118 valence electrons. The van der Waals surface area contributed by atoms with Crippen molar-refractivity contribution in [3.05, 3.63) is 27.7 Å². The smallest absolute Gasteiger partial charge is 0.225 e. The lowest BCUT2D eigenvalue weighted by molar-refractivity contribution is -0.129. The summed E-state index contributed by atoms with van der Waals surface area (Å²) in [5, 5.41) is 0. The van der Waals surface area contributed by atoms with Crippen molar-refractivity contribution < 1.29 is 9.53 Å². The number of carbonyl (C=O) groups is 1. The number of nitrogens with zero attached hydrogens (tertiary/aromatic N) is 1. The molecule has 5 heteroatoms. The largest absolute Gasteiger partial charge is 0.492 e. The molecule has 0 aliphatic carbocycles. The standard InChI is InChI=1S/C16H25BrN2O2/c1-5-14(18)10-12-9-13(17)8-11(2)16(12)21-7-6-15(20)19(3)4/h8-9,14H,5-7,10,18H2,1-4H3. The number of hydrogen-bond acceptors (Lipinski definition) is 3. The number of rotatable bonds is 7. The molecule has 0 aliphatic rings. The van der Waals surface area contributed by atoms with Gasteiger partial charge in [0.05, 0.1) is 13.0 Å². The van der Waals surface area contributed by atoms with E-state index in [4.69, 9.17) is 10.5 Å². The van der Waals surface area contributed by atoms with Crippen LogP contribution in [0.1, 0.15) is 30.9 Å². The van der Waals surface area contributed by atoms with E-state index in [1.807, 2.05) is 19.1 Å². The number of hydrogen-bond donors (Lipinski definition) is 1. The van der Waals surface area contributed by atoms with Crippen LogP contribution in [0.4, 0.5) is 0 Å². The number of benzene rings is 1. The van der Waals surface area contributed by atoms with E-state index in [0.29, 0.717) is 13.0 Å². The third-order valence-corrected chi connectivity index (χ3v) is 3.84. The molecule has 0 bridgehead atoms. The summed E-state index contributed by atoms with van der Waals surface area (Å²) < 4.78 is 6.89. The van der Waals surface area contributed by atoms with Crippen LogP contribution in [0.15, 0.2) is 16.6 Å². The monoisotopic (exact) mass is 356 g/mol. The fourth-order valence-electron chi connectivity index (χ4n) is 2.05. The van der Waals surface area contributed by atoms with Gasteiger partial charge in [-0.2, -0.15) is 0 Å². The van der Waals surface area contributed by atoms with E-state index < -0.39 is 0 Å². The molecule has 1 rings (SSSR count). The molecule has 0 aliphatic heterocycles. The van der Waals surface area contributed by atoms with Crippen LogP contribution in [0.2, 0.25) is 0 Å². The lowest BCUT2D eigenvalue weighted by Gasteiger charge is -2.18. The van der Waals surface area contributed by atoms with Gasteiger partial charge in [-0.05, 0) is 43.0 Å². The first-order valence-corrected chi connectivity index (χ1v) is 8.02. The number of carbonyl (C=O) groups excluding carboxylic acids is 1. The number of ether oxygens (including phenoxy) is 1. The maximum atomic E-state index is 11.6. The Morgan fingerprint density at radius 1 is 1.43 bits per heavy atom. The molecular formula is C16H25BrN2O2. The molecule has 0 aromatic heterocycles. The highest BCUT2D eigenvalue weighted by molar-refractivity contribution is 9.10. The van der Waals surface area contributed by atoms with E-state index in [1.165, 1.54) is 0 Å². The summed E-state index contributed by atoms with van der Waals surface area (Å²) in [7, 11) is 3.50. The van der Waals surface area contributed by atoms with E-state index >= 15 is 0 Å². The van der Waals surface area contributed by atoms with Gasteiger partial charge in [-0.1, -0.05) is 22.9 Å². The molecule has 1 atom stereocenters. The lowest BCUT2D eigenvalue weighted by Crippen LogP contribution is -2.24. The van der Waals surface area contributed by atoms with Crippen LogP contribution >= 0.6 is 15.9 Å². The fourth-order valence-corrected chi connectivity index (χ4v) is 2.67. The second kappa shape index (κ2) is 8.39. The van der Waals surface area contributed by atoms with Gasteiger partial charge in [0, 0.05) is 24.6 Å². The van der Waals surface area contributed by atoms with Gasteiger partial charge >= 0.3 is 0 Å². The summed E-state index contributed by atoms with van der Waals surface area (Å²) >= 11 is 3.51. The van der Waals surface area contributed by atoms with Crippen molar-refractivity contribution in [1.82, 2.24) is 4.90 Å². The predicted octanol–water partition coefficient (Wildman–Crippen LogP) is 2.89. The van der Waals surface area contributed by atoms with Crippen LogP contribution in [-0.4, -0.2) is 37.6 Å². The molecule has 1 aromatic carbocycles. The average Bonchev–Trinajstić information content (AvgIpc) is 2.40. The van der Waals surface area contributed by atoms with Crippen molar-refractivity contribution in [3.8, 4) is 5.75 Å². The number of amides is 1. The minimum Gasteiger partial charge on any atom is -0.492 e. The molecule has 0 heterocycles. The Morgan fingerprint density at radius 2 is 2.10 bits per heavy atom. The van der Waals surface area contributed by atoms with Gasteiger partial charge in [-0.15, -0.1) is 0 Å². The molecule has 0 saturated heterocycles. The van der Waals surface area contributed by atoms with Gasteiger partial charge in [-0.25, -0.2) is 0 Å². The second-order valence-electron chi connectivity index (χ2n) is 5.47. The van der Waals surface area contributed by atoms with E-state index in [1.54, 1.807) is 19.0 Å². The maximum Gasteiger partial charge on any atom is 0.225 e. The average molecular weight is 357 g/mol. The molecule has 0 saturated carbocycles. The summed E-state index contributed by atoms with van der Waals surface area (Å²) in [5.74, 6) is 0.922. The van der Waals surface area contributed by atoms with E-state index in [2.05, 4.69) is 22.9 Å². The quantitative estimate of drug-likeness (QED) is 0.816. The highest BCUT2D eigenvalue weighted by Crippen LogP contribution is 2.29. The maximum absolute atomic E-state index is 11.6. The first kappa shape index (κ1) is 18.0. The van der Waals surface area contributed by atoms with Crippen molar-refractivity contribution in [2.45, 2.75) is 39.2 Å². The Hall–Kier alpha value is -1.07. The van der Waals surface area contributed by atoms with E-state index in [9.17, 15) is 4.79 Å². The molecular weight excluding hydrogens is 332 g/mol. The first-order chi connectivity index (χ1) is 9.85. The molecule has 2 N–H and O–H groups in total. The van der Waals surface area contributed by atoms with Gasteiger partial charge in [0.1, 0.15) is 5.75 Å². The molecule has 1 amide bonds. The minimum absolute atomic E-state index is 0.0663. The zero-order chi connectivity index (χ0) is 16.0. The van der Waals surface area contributed by atoms with Crippen molar-refractivity contribution in [1.29, 1.82) is 0 Å². The van der Waals surface area contributed by atoms with Crippen molar-refractivity contribution in [3.63, 3.8) is 0 Å². The van der Waals surface area contributed by atoms with Crippen LogP contribution in [0.3, 0.4) is 0 Å². The minimum atomic E-state index is 0.0663. The Bertz CT molecular complexity index is 489. The van der Waals surface area contributed by atoms with Crippen molar-refractivity contribution in [2.75, 3.05) is 20.7 Å². The Labute approximate surface area is 135 Å². The van der Waals surface area contributed by atoms with Gasteiger partial charge in [-0.3, -0.25) is 4.79 Å². The zero-order valence-corrected chi connectivity index (χ0v) is 14.9. The van der Waals surface area contributed by atoms with Gasteiger partial charge in [0.15, 0.2) is 0 Å². The number of halogens is 1. The predicted molar refractivity (Wildman–Crippen MR) is 89.7 cm³/mol. The third kappa shape index (κ3) is 5.67. The lowest BCUT2D eigenvalue weighted by atomic mass is 10.0. The Kier molecular flexibility index (Phi) is 7.18. The number of aryl methyl sites for hydroxylation is 1. The summed E-state index contributed by atoms with van der Waals surface area (Å²) in [5.41, 5.74) is 8.21. The topological polar surface area (TPSA) is 55.6 Å². The second-order valence-corrected chi connectivity index (χ2v) is 6.39. The van der Waals surface area contributed by atoms with E-state index in [-0.39, 0.29) is 11.9 Å². The van der Waals surface area contributed by atoms with Crippen LogP contribution in [0.5, 0.6) is 5.75 Å². The van der Waals surface area contributed by atoms with Gasteiger partial charge in [0.2, 0.25) is 5.91 Å². The highest BCUT2D eigenvalue weighted by atomic mass is 79.9. The summed E-state index contributed by atoms with van der Waals surface area (Å²) in [6.45, 7) is 4.47. The summed E-state index contributed by atoms with van der Waals surface area (Å²) in [6, 6.07) is 4.18. The Balaban J connectivity index is 2.81. The van der Waals surface area contributed by atoms with Crippen LogP contribution < -0.4 is 10.5 Å². The van der Waals surface area contributed by atoms with Crippen LogP contribution in [0, 0.1) is 6.92 Å². The summed E-state index contributed by atoms with van der Waals surface area (Å²) in [6.07, 6.45) is 2.07. The zero-order valence-electron chi connectivity index (χ0n) is 13.3. The normalized spacial score (nSPS) is 12.1. The van der Waals surface area contributed by atoms with Gasteiger partial charge in [0.25, 0.3) is 0 Å². The van der Waals surface area contributed by atoms with Crippen molar-refractivity contribution in [2.24, 2.45) is 5.73 Å². The molecule has 1 aromatic rings. The number of nitrogens with two attached hydrogens (primary N) is 1. The first-order valence-electron chi connectivity index (χ1n) is 7.22. The molecule has 21 heavy (non-hydrogen) atoms. The molecule has 4 nitrogen and oxygen atoms in total. The third-order valence-electron chi connectivity index (χ3n) is 3.38. The van der Waals surface area contributed by atoms with Crippen LogP contribution in [0.25, 0.3) is 0 Å². The fraction of sp³-hybridized carbons (Fsp3) is 0.562. The highest BCUT2D eigenvalue weighted by Gasteiger charge is 2.13. The summed E-state index contributed by atoms with van der Waals surface area (Å²) in [4.78, 5) is 13.2. The molecule has 0 fully saturated rings. The van der Waals surface area contributed by atoms with Gasteiger partial charge < -0.3 is 15.4 Å². The molecule has 0 radical (unpaired) electrons. The van der Waals surface area contributed by atoms with Crippen LogP contribution in [-0.2, 0) is 11.2 Å². The Morgan fingerprint density at radius 3 is 2.67 bits per heavy atom. The molecule has 1 unspecified atom stereocenters. The molecule has 0 spiro atoms. The van der Waals surface area contributed by atoms with Crippen molar-refractivity contribution >= 4 is 21.8 Å².